The van der Waals surface area contributed by atoms with Crippen LogP contribution in [0.15, 0.2) is 22.7 Å². The molecule has 110 valence electrons. The van der Waals surface area contributed by atoms with Crippen molar-refractivity contribution in [3.63, 3.8) is 0 Å². The summed E-state index contributed by atoms with van der Waals surface area (Å²) in [6.45, 7) is 2.78. The van der Waals surface area contributed by atoms with Gasteiger partial charge in [-0.05, 0) is 67.0 Å². The number of hydrogen-bond acceptors (Lipinski definition) is 2. The van der Waals surface area contributed by atoms with Crippen molar-refractivity contribution >= 4 is 33.4 Å². The van der Waals surface area contributed by atoms with Crippen molar-refractivity contribution in [1.29, 1.82) is 0 Å². The molecule has 0 spiro atoms. The van der Waals surface area contributed by atoms with Gasteiger partial charge in [0.05, 0.1) is 5.02 Å². The lowest BCUT2D eigenvalue weighted by atomic mass is 9.96. The van der Waals surface area contributed by atoms with Gasteiger partial charge in [0.15, 0.2) is 0 Å². The Morgan fingerprint density at radius 3 is 2.60 bits per heavy atom. The van der Waals surface area contributed by atoms with Crippen molar-refractivity contribution in [2.75, 3.05) is 33.7 Å². The Morgan fingerprint density at radius 2 is 2.05 bits per heavy atom. The highest BCUT2D eigenvalue weighted by Gasteiger charge is 2.24. The summed E-state index contributed by atoms with van der Waals surface area (Å²) in [5.41, 5.74) is 0.671. The smallest absolute Gasteiger partial charge is 0.253 e. The topological polar surface area (TPSA) is 23.6 Å². The first-order valence-electron chi connectivity index (χ1n) is 6.86. The number of nitrogens with zero attached hydrogens (tertiary/aromatic N) is 2. The summed E-state index contributed by atoms with van der Waals surface area (Å²) in [6.07, 6.45) is 2.16. The summed E-state index contributed by atoms with van der Waals surface area (Å²) in [6, 6.07) is 5.39. The SMILES string of the molecule is CN(C)CC1CCN(C(=O)c2ccc(Br)c(Cl)c2)CC1. The first kappa shape index (κ1) is 15.8. The van der Waals surface area contributed by atoms with E-state index >= 15 is 0 Å². The van der Waals surface area contributed by atoms with Crippen LogP contribution in [0.2, 0.25) is 5.02 Å². The second-order valence-corrected chi connectivity index (χ2v) is 6.89. The van der Waals surface area contributed by atoms with E-state index in [-0.39, 0.29) is 5.91 Å². The predicted octanol–water partition coefficient (Wildman–Crippen LogP) is 3.52. The summed E-state index contributed by atoms with van der Waals surface area (Å²) in [7, 11) is 4.20. The Morgan fingerprint density at radius 1 is 1.40 bits per heavy atom. The first-order chi connectivity index (χ1) is 9.47. The molecule has 0 unspecified atom stereocenters. The number of rotatable bonds is 3. The lowest BCUT2D eigenvalue weighted by Gasteiger charge is -2.33. The van der Waals surface area contributed by atoms with Crippen LogP contribution in [0.4, 0.5) is 0 Å². The second kappa shape index (κ2) is 6.92. The van der Waals surface area contributed by atoms with Gasteiger partial charge in [-0.25, -0.2) is 0 Å². The zero-order valence-electron chi connectivity index (χ0n) is 11.9. The van der Waals surface area contributed by atoms with Crippen LogP contribution in [0.1, 0.15) is 23.2 Å². The molecule has 5 heteroatoms. The molecule has 1 amide bonds. The molecule has 1 aromatic carbocycles. The molecule has 0 aromatic heterocycles. The quantitative estimate of drug-likeness (QED) is 0.824. The van der Waals surface area contributed by atoms with E-state index in [4.69, 9.17) is 11.6 Å². The highest BCUT2D eigenvalue weighted by Crippen LogP contribution is 2.25. The fourth-order valence-electron chi connectivity index (χ4n) is 2.65. The van der Waals surface area contributed by atoms with Crippen LogP contribution in [0, 0.1) is 5.92 Å². The Labute approximate surface area is 134 Å². The predicted molar refractivity (Wildman–Crippen MR) is 86.3 cm³/mol. The van der Waals surface area contributed by atoms with E-state index in [0.717, 1.165) is 36.9 Å². The van der Waals surface area contributed by atoms with Crippen LogP contribution >= 0.6 is 27.5 Å². The van der Waals surface area contributed by atoms with E-state index in [1.165, 1.54) is 0 Å². The minimum absolute atomic E-state index is 0.0858. The number of halogens is 2. The Balaban J connectivity index is 1.96. The average molecular weight is 360 g/mol. The minimum atomic E-state index is 0.0858. The number of carbonyl (C=O) groups excluding carboxylic acids is 1. The van der Waals surface area contributed by atoms with Crippen molar-refractivity contribution in [2.24, 2.45) is 5.92 Å². The number of benzene rings is 1. The van der Waals surface area contributed by atoms with E-state index < -0.39 is 0 Å². The van der Waals surface area contributed by atoms with Gasteiger partial charge in [0.25, 0.3) is 5.91 Å². The van der Waals surface area contributed by atoms with E-state index in [0.29, 0.717) is 16.5 Å². The standard InChI is InChI=1S/C15H20BrClN2O/c1-18(2)10-11-5-7-19(8-6-11)15(20)12-3-4-13(16)14(17)9-12/h3-4,9,11H,5-8,10H2,1-2H3. The van der Waals surface area contributed by atoms with Crippen LogP contribution in [0.3, 0.4) is 0 Å². The molecule has 20 heavy (non-hydrogen) atoms. The molecule has 0 N–H and O–H groups in total. The molecular weight excluding hydrogens is 340 g/mol. The summed E-state index contributed by atoms with van der Waals surface area (Å²) in [4.78, 5) is 16.6. The second-order valence-electron chi connectivity index (χ2n) is 5.63. The van der Waals surface area contributed by atoms with Crippen LogP contribution in [-0.2, 0) is 0 Å². The van der Waals surface area contributed by atoms with Crippen LogP contribution in [0.5, 0.6) is 0 Å². The van der Waals surface area contributed by atoms with Gasteiger partial charge in [0.2, 0.25) is 0 Å². The fourth-order valence-corrected chi connectivity index (χ4v) is 3.07. The Kier molecular flexibility index (Phi) is 5.47. The van der Waals surface area contributed by atoms with E-state index in [9.17, 15) is 4.79 Å². The van der Waals surface area contributed by atoms with Crippen LogP contribution in [0.25, 0.3) is 0 Å². The van der Waals surface area contributed by atoms with Crippen molar-refractivity contribution in [3.05, 3.63) is 33.3 Å². The van der Waals surface area contributed by atoms with E-state index in [1.54, 1.807) is 6.07 Å². The number of hydrogen-bond donors (Lipinski definition) is 0. The van der Waals surface area contributed by atoms with Crippen LogP contribution < -0.4 is 0 Å². The molecule has 3 nitrogen and oxygen atoms in total. The molecule has 1 fully saturated rings. The van der Waals surface area contributed by atoms with Crippen LogP contribution in [-0.4, -0.2) is 49.4 Å². The first-order valence-corrected chi connectivity index (χ1v) is 8.03. The lowest BCUT2D eigenvalue weighted by Crippen LogP contribution is -2.40. The summed E-state index contributed by atoms with van der Waals surface area (Å²) in [5, 5.41) is 0.582. The Bertz CT molecular complexity index is 485. The molecule has 1 aliphatic rings. The maximum absolute atomic E-state index is 12.4. The molecular formula is C15H20BrClN2O. The summed E-state index contributed by atoms with van der Waals surface area (Å²) < 4.78 is 0.820. The third kappa shape index (κ3) is 3.96. The molecule has 0 radical (unpaired) electrons. The lowest BCUT2D eigenvalue weighted by molar-refractivity contribution is 0.0678. The molecule has 0 aliphatic carbocycles. The van der Waals surface area contributed by atoms with Gasteiger partial charge in [-0.3, -0.25) is 4.79 Å². The zero-order chi connectivity index (χ0) is 14.7. The summed E-state index contributed by atoms with van der Waals surface area (Å²) in [5.74, 6) is 0.783. The molecule has 1 saturated heterocycles. The molecule has 2 rings (SSSR count). The molecule has 0 bridgehead atoms. The van der Waals surface area contributed by atoms with Crippen molar-refractivity contribution in [1.82, 2.24) is 9.80 Å². The van der Waals surface area contributed by atoms with Crippen molar-refractivity contribution < 1.29 is 4.79 Å². The van der Waals surface area contributed by atoms with Gasteiger partial charge in [-0.1, -0.05) is 11.6 Å². The zero-order valence-corrected chi connectivity index (χ0v) is 14.2. The van der Waals surface area contributed by atoms with Gasteiger partial charge in [-0.2, -0.15) is 0 Å². The van der Waals surface area contributed by atoms with E-state index in [1.807, 2.05) is 17.0 Å². The van der Waals surface area contributed by atoms with Crippen molar-refractivity contribution in [2.45, 2.75) is 12.8 Å². The van der Waals surface area contributed by atoms with Gasteiger partial charge in [-0.15, -0.1) is 0 Å². The van der Waals surface area contributed by atoms with Crippen molar-refractivity contribution in [3.8, 4) is 0 Å². The maximum Gasteiger partial charge on any atom is 0.253 e. The fraction of sp³-hybridized carbons (Fsp3) is 0.533. The molecule has 1 aliphatic heterocycles. The molecule has 0 atom stereocenters. The molecule has 1 aromatic rings. The largest absolute Gasteiger partial charge is 0.339 e. The number of likely N-dealkylation sites (tertiary alicyclic amines) is 1. The normalized spacial score (nSPS) is 16.8. The number of amides is 1. The van der Waals surface area contributed by atoms with Gasteiger partial charge < -0.3 is 9.80 Å². The minimum Gasteiger partial charge on any atom is -0.339 e. The highest BCUT2D eigenvalue weighted by molar-refractivity contribution is 9.10. The van der Waals surface area contributed by atoms with E-state index in [2.05, 4.69) is 34.9 Å². The molecule has 0 saturated carbocycles. The maximum atomic E-state index is 12.4. The van der Waals surface area contributed by atoms with Gasteiger partial charge in [0.1, 0.15) is 0 Å². The van der Waals surface area contributed by atoms with Gasteiger partial charge in [0, 0.05) is 29.7 Å². The average Bonchev–Trinajstić information content (AvgIpc) is 2.41. The monoisotopic (exact) mass is 358 g/mol. The highest BCUT2D eigenvalue weighted by atomic mass is 79.9. The number of piperidine rings is 1. The molecule has 1 heterocycles. The van der Waals surface area contributed by atoms with Gasteiger partial charge >= 0.3 is 0 Å². The third-order valence-electron chi connectivity index (χ3n) is 3.69. The number of carbonyl (C=O) groups is 1. The Hall–Kier alpha value is -0.580. The summed E-state index contributed by atoms with van der Waals surface area (Å²) >= 11 is 9.40. The third-order valence-corrected chi connectivity index (χ3v) is 4.92.